The minimum absolute atomic E-state index is 0.737. The molecular weight excluding hydrogens is 230 g/mol. The predicted molar refractivity (Wildman–Crippen MR) is 80.1 cm³/mol. The first-order chi connectivity index (χ1) is 9.31. The Morgan fingerprint density at radius 2 is 1.26 bits per heavy atom. The molecule has 0 aromatic heterocycles. The Labute approximate surface area is 118 Å². The first kappa shape index (κ1) is 12.7. The summed E-state index contributed by atoms with van der Waals surface area (Å²) in [6.45, 7) is 1.36. The van der Waals surface area contributed by atoms with Crippen LogP contribution in [0.3, 0.4) is 0 Å². The third-order valence-corrected chi connectivity index (χ3v) is 6.79. The average molecular weight is 261 g/mol. The van der Waals surface area contributed by atoms with Crippen molar-refractivity contribution in [3.05, 3.63) is 0 Å². The average Bonchev–Trinajstić information content (AvgIpc) is 2.63. The Morgan fingerprint density at radius 1 is 0.737 bits per heavy atom. The normalized spacial score (nSPS) is 46.4. The molecule has 4 bridgehead atoms. The fourth-order valence-corrected chi connectivity index (χ4v) is 6.35. The molecule has 5 aliphatic carbocycles. The van der Waals surface area contributed by atoms with Crippen molar-refractivity contribution >= 4 is 0 Å². The number of rotatable bonds is 3. The fraction of sp³-hybridized carbons (Fsp3) is 1.00. The van der Waals surface area contributed by atoms with E-state index in [0.717, 1.165) is 29.2 Å². The molecule has 0 saturated heterocycles. The van der Waals surface area contributed by atoms with Gasteiger partial charge >= 0.3 is 0 Å². The second-order valence-electron chi connectivity index (χ2n) is 8.49. The molecule has 19 heavy (non-hydrogen) atoms. The quantitative estimate of drug-likeness (QED) is 0.737. The molecule has 1 heteroatoms. The van der Waals surface area contributed by atoms with Crippen LogP contribution < -0.4 is 5.32 Å². The zero-order chi connectivity index (χ0) is 12.7. The molecule has 0 spiro atoms. The maximum atomic E-state index is 4.02. The van der Waals surface area contributed by atoms with Crippen LogP contribution in [0.2, 0.25) is 0 Å². The maximum absolute atomic E-state index is 4.02. The third-order valence-electron chi connectivity index (χ3n) is 6.79. The summed E-state index contributed by atoms with van der Waals surface area (Å²) in [5.74, 6) is 3.34. The van der Waals surface area contributed by atoms with Gasteiger partial charge in [-0.25, -0.2) is 0 Å². The van der Waals surface area contributed by atoms with Gasteiger partial charge in [-0.2, -0.15) is 0 Å². The van der Waals surface area contributed by atoms with Crippen molar-refractivity contribution in [1.29, 1.82) is 0 Å². The van der Waals surface area contributed by atoms with Gasteiger partial charge in [0.2, 0.25) is 0 Å². The van der Waals surface area contributed by atoms with Crippen LogP contribution in [-0.2, 0) is 0 Å². The molecule has 0 unspecified atom stereocenters. The van der Waals surface area contributed by atoms with E-state index < -0.39 is 0 Å². The summed E-state index contributed by atoms with van der Waals surface area (Å²) in [7, 11) is 0. The van der Waals surface area contributed by atoms with Crippen LogP contribution in [-0.4, -0.2) is 12.6 Å². The van der Waals surface area contributed by atoms with Crippen molar-refractivity contribution in [2.24, 2.45) is 23.2 Å². The minimum atomic E-state index is 0.737. The SMILES string of the molecule is C1CCCC(NCC23CC4CC(CC(C4)C2)C3)CC1. The van der Waals surface area contributed by atoms with E-state index in [1.165, 1.54) is 45.1 Å². The molecule has 5 aliphatic rings. The Balaban J connectivity index is 1.36. The standard InChI is InChI=1S/C18H31N/c1-2-4-6-17(5-3-1)19-13-18-10-14-7-15(11-18)9-16(8-14)12-18/h14-17,19H,1-13H2. The summed E-state index contributed by atoms with van der Waals surface area (Å²) in [5.41, 5.74) is 0.737. The fourth-order valence-electron chi connectivity index (χ4n) is 6.35. The lowest BCUT2D eigenvalue weighted by Gasteiger charge is -2.57. The smallest absolute Gasteiger partial charge is 0.00672 e. The van der Waals surface area contributed by atoms with Crippen LogP contribution in [0.15, 0.2) is 0 Å². The highest BCUT2D eigenvalue weighted by atomic mass is 14.9. The van der Waals surface area contributed by atoms with Gasteiger partial charge in [-0.1, -0.05) is 25.7 Å². The van der Waals surface area contributed by atoms with Gasteiger partial charge in [-0.05, 0) is 74.5 Å². The summed E-state index contributed by atoms with van der Waals surface area (Å²) >= 11 is 0. The van der Waals surface area contributed by atoms with Gasteiger partial charge in [0.05, 0.1) is 0 Å². The van der Waals surface area contributed by atoms with Gasteiger partial charge < -0.3 is 5.32 Å². The van der Waals surface area contributed by atoms with Crippen molar-refractivity contribution in [1.82, 2.24) is 5.32 Å². The summed E-state index contributed by atoms with van der Waals surface area (Å²) in [4.78, 5) is 0. The van der Waals surface area contributed by atoms with E-state index in [-0.39, 0.29) is 0 Å². The molecule has 0 aromatic carbocycles. The molecule has 0 radical (unpaired) electrons. The van der Waals surface area contributed by atoms with Crippen LogP contribution >= 0.6 is 0 Å². The van der Waals surface area contributed by atoms with E-state index >= 15 is 0 Å². The second-order valence-corrected chi connectivity index (χ2v) is 8.49. The van der Waals surface area contributed by atoms with E-state index in [4.69, 9.17) is 0 Å². The number of hydrogen-bond acceptors (Lipinski definition) is 1. The van der Waals surface area contributed by atoms with E-state index in [0.29, 0.717) is 0 Å². The van der Waals surface area contributed by atoms with Crippen LogP contribution in [0, 0.1) is 23.2 Å². The molecule has 1 N–H and O–H groups in total. The molecule has 0 atom stereocenters. The van der Waals surface area contributed by atoms with Gasteiger partial charge in [0, 0.05) is 12.6 Å². The van der Waals surface area contributed by atoms with Gasteiger partial charge in [0.15, 0.2) is 0 Å². The first-order valence-electron chi connectivity index (χ1n) is 9.05. The Hall–Kier alpha value is -0.0400. The number of hydrogen-bond donors (Lipinski definition) is 1. The Kier molecular flexibility index (Phi) is 3.38. The summed E-state index contributed by atoms with van der Waals surface area (Å²) in [6.07, 6.45) is 18.3. The van der Waals surface area contributed by atoms with Crippen LogP contribution in [0.5, 0.6) is 0 Å². The summed E-state index contributed by atoms with van der Waals surface area (Å²) < 4.78 is 0. The van der Waals surface area contributed by atoms with Crippen molar-refractivity contribution in [3.63, 3.8) is 0 Å². The molecule has 5 fully saturated rings. The van der Waals surface area contributed by atoms with E-state index in [9.17, 15) is 0 Å². The van der Waals surface area contributed by atoms with Gasteiger partial charge in [0.1, 0.15) is 0 Å². The molecule has 0 aromatic rings. The Morgan fingerprint density at radius 3 is 1.79 bits per heavy atom. The lowest BCUT2D eigenvalue weighted by molar-refractivity contribution is -0.0526. The lowest BCUT2D eigenvalue weighted by Crippen LogP contribution is -2.51. The van der Waals surface area contributed by atoms with Crippen LogP contribution in [0.4, 0.5) is 0 Å². The lowest BCUT2D eigenvalue weighted by atomic mass is 9.49. The minimum Gasteiger partial charge on any atom is -0.313 e. The van der Waals surface area contributed by atoms with Crippen molar-refractivity contribution in [3.8, 4) is 0 Å². The van der Waals surface area contributed by atoms with Gasteiger partial charge in [-0.15, -0.1) is 0 Å². The Bertz CT molecular complexity index is 278. The highest BCUT2D eigenvalue weighted by Crippen LogP contribution is 2.59. The van der Waals surface area contributed by atoms with Crippen molar-refractivity contribution in [2.45, 2.75) is 83.1 Å². The van der Waals surface area contributed by atoms with Crippen molar-refractivity contribution < 1.29 is 0 Å². The molecule has 5 saturated carbocycles. The van der Waals surface area contributed by atoms with Crippen molar-refractivity contribution in [2.75, 3.05) is 6.54 Å². The van der Waals surface area contributed by atoms with Gasteiger partial charge in [-0.3, -0.25) is 0 Å². The molecule has 5 rings (SSSR count). The topological polar surface area (TPSA) is 12.0 Å². The monoisotopic (exact) mass is 261 g/mol. The van der Waals surface area contributed by atoms with E-state index in [2.05, 4.69) is 5.32 Å². The molecule has 0 amide bonds. The summed E-state index contributed by atoms with van der Waals surface area (Å²) in [6, 6.07) is 0.857. The predicted octanol–water partition coefficient (Wildman–Crippen LogP) is 4.52. The zero-order valence-corrected chi connectivity index (χ0v) is 12.5. The molecule has 108 valence electrons. The van der Waals surface area contributed by atoms with E-state index in [1.54, 1.807) is 38.5 Å². The third kappa shape index (κ3) is 2.60. The molecule has 0 heterocycles. The molecular formula is C18H31N. The second kappa shape index (κ2) is 5.06. The number of nitrogens with one attached hydrogen (secondary N) is 1. The zero-order valence-electron chi connectivity index (χ0n) is 12.5. The van der Waals surface area contributed by atoms with Crippen LogP contribution in [0.25, 0.3) is 0 Å². The van der Waals surface area contributed by atoms with Crippen LogP contribution in [0.1, 0.15) is 77.0 Å². The largest absolute Gasteiger partial charge is 0.313 e. The first-order valence-corrected chi connectivity index (χ1v) is 9.05. The maximum Gasteiger partial charge on any atom is 0.00672 e. The molecule has 0 aliphatic heterocycles. The van der Waals surface area contributed by atoms with E-state index in [1.807, 2.05) is 0 Å². The molecule has 1 nitrogen and oxygen atoms in total. The highest BCUT2D eigenvalue weighted by molar-refractivity contribution is 5.02. The van der Waals surface area contributed by atoms with Gasteiger partial charge in [0.25, 0.3) is 0 Å². The summed E-state index contributed by atoms with van der Waals surface area (Å²) in [5, 5.41) is 4.02. The highest BCUT2D eigenvalue weighted by Gasteiger charge is 2.50.